The average Bonchev–Trinajstić information content (AvgIpc) is 2.92. The summed E-state index contributed by atoms with van der Waals surface area (Å²) in [5.74, 6) is 2.02. The molecule has 0 N–H and O–H groups in total. The van der Waals surface area contributed by atoms with Gasteiger partial charge in [-0.15, -0.1) is 0 Å². The fourth-order valence-electron chi connectivity index (χ4n) is 6.44. The quantitative estimate of drug-likeness (QED) is 0.0754. The van der Waals surface area contributed by atoms with Crippen molar-refractivity contribution < 1.29 is 0 Å². The van der Waals surface area contributed by atoms with Crippen LogP contribution in [-0.2, 0) is 0 Å². The van der Waals surface area contributed by atoms with Gasteiger partial charge in [0.15, 0.2) is 0 Å². The smallest absolute Gasteiger partial charge is 0.00355 e. The Hall–Kier alpha value is -0.0400. The van der Waals surface area contributed by atoms with Crippen molar-refractivity contribution in [3.05, 3.63) is 0 Å². The molecule has 0 amide bonds. The summed E-state index contributed by atoms with van der Waals surface area (Å²) >= 11 is 0. The molecule has 39 heavy (non-hydrogen) atoms. The first-order valence-corrected chi connectivity index (χ1v) is 18.7. The Labute approximate surface area is 250 Å². The lowest BCUT2D eigenvalue weighted by Crippen LogP contribution is -2.27. The van der Waals surface area contributed by atoms with Crippen molar-refractivity contribution in [2.24, 2.45) is 11.8 Å². The minimum Gasteiger partial charge on any atom is -0.304 e. The van der Waals surface area contributed by atoms with Gasteiger partial charge in [-0.2, -0.15) is 0 Å². The van der Waals surface area contributed by atoms with Crippen molar-refractivity contribution in [2.45, 2.75) is 220 Å². The Kier molecular flexibility index (Phi) is 30.9. The first kappa shape index (κ1) is 39.0. The number of hydrogen-bond acceptors (Lipinski definition) is 1. The fraction of sp³-hybridized carbons (Fsp3) is 1.00. The van der Waals surface area contributed by atoms with Crippen molar-refractivity contribution in [1.82, 2.24) is 4.90 Å². The van der Waals surface area contributed by atoms with Crippen molar-refractivity contribution >= 4 is 0 Å². The van der Waals surface area contributed by atoms with Gasteiger partial charge in [0.25, 0.3) is 0 Å². The predicted molar refractivity (Wildman–Crippen MR) is 181 cm³/mol. The zero-order valence-corrected chi connectivity index (χ0v) is 28.7. The van der Waals surface area contributed by atoms with Gasteiger partial charge < -0.3 is 4.90 Å². The van der Waals surface area contributed by atoms with Gasteiger partial charge in [0.2, 0.25) is 0 Å². The fourth-order valence-corrected chi connectivity index (χ4v) is 6.44. The maximum absolute atomic E-state index is 2.53. The molecule has 0 heterocycles. The van der Waals surface area contributed by atoms with Crippen molar-refractivity contribution in [2.75, 3.05) is 13.6 Å². The molecule has 236 valence electrons. The third-order valence-electron chi connectivity index (χ3n) is 9.63. The van der Waals surface area contributed by atoms with Crippen LogP contribution in [0.4, 0.5) is 0 Å². The van der Waals surface area contributed by atoms with E-state index in [0.717, 1.165) is 11.8 Å². The molecule has 0 aliphatic heterocycles. The molecule has 0 bridgehead atoms. The summed E-state index contributed by atoms with van der Waals surface area (Å²) < 4.78 is 0. The van der Waals surface area contributed by atoms with E-state index in [4.69, 9.17) is 0 Å². The van der Waals surface area contributed by atoms with Gasteiger partial charge in [0, 0.05) is 6.04 Å². The zero-order chi connectivity index (χ0) is 28.8. The van der Waals surface area contributed by atoms with Crippen LogP contribution in [0.3, 0.4) is 0 Å². The maximum atomic E-state index is 2.53. The highest BCUT2D eigenvalue weighted by Crippen LogP contribution is 2.25. The van der Waals surface area contributed by atoms with Crippen molar-refractivity contribution in [3.8, 4) is 0 Å². The van der Waals surface area contributed by atoms with Crippen LogP contribution in [0.1, 0.15) is 214 Å². The molecule has 0 saturated carbocycles. The van der Waals surface area contributed by atoms with E-state index in [0.29, 0.717) is 6.04 Å². The molecule has 0 fully saturated rings. The van der Waals surface area contributed by atoms with E-state index in [1.165, 1.54) is 186 Å². The minimum atomic E-state index is 0.685. The predicted octanol–water partition coefficient (Wildman–Crippen LogP) is 13.5. The summed E-state index contributed by atoms with van der Waals surface area (Å²) in [6.07, 6.45) is 41.0. The Morgan fingerprint density at radius 1 is 0.359 bits per heavy atom. The second-order valence-corrected chi connectivity index (χ2v) is 13.8. The Morgan fingerprint density at radius 3 is 0.949 bits per heavy atom. The lowest BCUT2D eigenvalue weighted by molar-refractivity contribution is 0.254. The summed E-state index contributed by atoms with van der Waals surface area (Å²) in [5, 5.41) is 0. The van der Waals surface area contributed by atoms with Gasteiger partial charge in [-0.1, -0.05) is 188 Å². The monoisotopic (exact) mass is 550 g/mol. The summed E-state index contributed by atoms with van der Waals surface area (Å²) in [6.45, 7) is 12.9. The summed E-state index contributed by atoms with van der Waals surface area (Å²) in [6, 6.07) is 0.685. The average molecular weight is 550 g/mol. The highest BCUT2D eigenvalue weighted by atomic mass is 15.1. The minimum absolute atomic E-state index is 0.685. The molecule has 1 heteroatoms. The Bertz CT molecular complexity index is 434. The maximum Gasteiger partial charge on any atom is 0.00355 e. The normalized spacial score (nSPS) is 12.8. The van der Waals surface area contributed by atoms with E-state index >= 15 is 0 Å². The summed E-state index contributed by atoms with van der Waals surface area (Å²) in [7, 11) is 2.30. The van der Waals surface area contributed by atoms with E-state index < -0.39 is 0 Å². The highest BCUT2D eigenvalue weighted by Gasteiger charge is 2.11. The molecule has 0 radical (unpaired) electrons. The molecule has 0 aromatic rings. The number of hydrogen-bond donors (Lipinski definition) is 0. The van der Waals surface area contributed by atoms with Crippen LogP contribution >= 0.6 is 0 Å². The van der Waals surface area contributed by atoms with Crippen LogP contribution < -0.4 is 0 Å². The molecule has 1 atom stereocenters. The van der Waals surface area contributed by atoms with Crippen LogP contribution in [-0.4, -0.2) is 24.5 Å². The van der Waals surface area contributed by atoms with Crippen LogP contribution in [0.15, 0.2) is 0 Å². The third kappa shape index (κ3) is 27.9. The first-order valence-electron chi connectivity index (χ1n) is 18.7. The van der Waals surface area contributed by atoms with Gasteiger partial charge in [-0.3, -0.25) is 0 Å². The third-order valence-corrected chi connectivity index (χ3v) is 9.63. The second-order valence-electron chi connectivity index (χ2n) is 13.8. The van der Waals surface area contributed by atoms with Crippen LogP contribution in [0.2, 0.25) is 0 Å². The van der Waals surface area contributed by atoms with Crippen LogP contribution in [0.5, 0.6) is 0 Å². The molecular weight excluding hydrogens is 470 g/mol. The SMILES string of the molecule is CCCCCCCCCC(CCCCCCCCCCC(CCCCC)CCCCC)CCCN(C)C(C)C. The van der Waals surface area contributed by atoms with Gasteiger partial charge in [0.1, 0.15) is 0 Å². The molecule has 0 spiro atoms. The number of nitrogens with zero attached hydrogens (tertiary/aromatic N) is 1. The van der Waals surface area contributed by atoms with Crippen molar-refractivity contribution in [3.63, 3.8) is 0 Å². The Balaban J connectivity index is 3.98. The van der Waals surface area contributed by atoms with Crippen molar-refractivity contribution in [1.29, 1.82) is 0 Å². The molecule has 0 aromatic carbocycles. The molecule has 1 unspecified atom stereocenters. The van der Waals surface area contributed by atoms with Gasteiger partial charge >= 0.3 is 0 Å². The van der Waals surface area contributed by atoms with Gasteiger partial charge in [-0.25, -0.2) is 0 Å². The molecule has 0 aromatic heterocycles. The number of unbranched alkanes of at least 4 members (excludes halogenated alkanes) is 17. The highest BCUT2D eigenvalue weighted by molar-refractivity contribution is 4.65. The Morgan fingerprint density at radius 2 is 0.615 bits per heavy atom. The largest absolute Gasteiger partial charge is 0.304 e. The zero-order valence-electron chi connectivity index (χ0n) is 28.7. The molecule has 0 saturated heterocycles. The van der Waals surface area contributed by atoms with E-state index in [-0.39, 0.29) is 0 Å². The molecule has 0 rings (SSSR count). The van der Waals surface area contributed by atoms with E-state index in [9.17, 15) is 0 Å². The topological polar surface area (TPSA) is 3.24 Å². The lowest BCUT2D eigenvalue weighted by atomic mass is 9.89. The van der Waals surface area contributed by atoms with E-state index in [2.05, 4.69) is 46.6 Å². The molecule has 1 nitrogen and oxygen atoms in total. The molecular formula is C38H79N. The molecule has 0 aliphatic carbocycles. The first-order chi connectivity index (χ1) is 19.0. The van der Waals surface area contributed by atoms with E-state index in [1.807, 2.05) is 0 Å². The van der Waals surface area contributed by atoms with Gasteiger partial charge in [0.05, 0.1) is 0 Å². The molecule has 0 aliphatic rings. The standard InChI is InChI=1S/C38H79N/c1-7-10-13-14-17-20-26-32-38(34-28-35-39(6)36(4)5)33-27-22-19-16-15-18-21-25-31-37(29-23-11-8-2)30-24-12-9-3/h36-38H,7-35H2,1-6H3. The van der Waals surface area contributed by atoms with Crippen LogP contribution in [0.25, 0.3) is 0 Å². The lowest BCUT2D eigenvalue weighted by Gasteiger charge is -2.23. The second kappa shape index (κ2) is 30.9. The van der Waals surface area contributed by atoms with Crippen LogP contribution in [0, 0.1) is 11.8 Å². The van der Waals surface area contributed by atoms with Gasteiger partial charge in [-0.05, 0) is 52.1 Å². The summed E-state index contributed by atoms with van der Waals surface area (Å²) in [4.78, 5) is 2.53. The summed E-state index contributed by atoms with van der Waals surface area (Å²) in [5.41, 5.74) is 0. The van der Waals surface area contributed by atoms with E-state index in [1.54, 1.807) is 0 Å². The number of rotatable bonds is 32.